The predicted molar refractivity (Wildman–Crippen MR) is 113 cm³/mol. The molecule has 2 heterocycles. The summed E-state index contributed by atoms with van der Waals surface area (Å²) in [4.78, 5) is 52.9. The molecule has 8 heteroatoms. The Morgan fingerprint density at radius 1 is 1.10 bits per heavy atom. The number of hydrogen-bond acceptors (Lipinski definition) is 5. The summed E-state index contributed by atoms with van der Waals surface area (Å²) in [7, 11) is 0. The van der Waals surface area contributed by atoms with Crippen LogP contribution in [0, 0.1) is 17.8 Å². The predicted octanol–water partition coefficient (Wildman–Crippen LogP) is 4.06. The minimum absolute atomic E-state index is 0.252. The largest absolute Gasteiger partial charge is 0.291 e. The van der Waals surface area contributed by atoms with Gasteiger partial charge in [0.05, 0.1) is 16.7 Å². The molecule has 30 heavy (non-hydrogen) atoms. The fourth-order valence-corrected chi connectivity index (χ4v) is 5.02. The van der Waals surface area contributed by atoms with Crippen molar-refractivity contribution in [3.05, 3.63) is 57.2 Å². The van der Waals surface area contributed by atoms with Crippen LogP contribution in [0.5, 0.6) is 0 Å². The Morgan fingerprint density at radius 3 is 2.47 bits per heavy atom. The number of fused-ring (bicyclic) bond motifs is 1. The maximum atomic E-state index is 13.3. The lowest BCUT2D eigenvalue weighted by Gasteiger charge is -2.30. The van der Waals surface area contributed by atoms with Crippen LogP contribution in [0.1, 0.15) is 46.2 Å². The molecule has 6 nitrogen and oxygen atoms in total. The first-order valence-corrected chi connectivity index (χ1v) is 11.1. The van der Waals surface area contributed by atoms with Crippen LogP contribution < -0.4 is 0 Å². The molecular formula is C22H21ClN2O4S. The highest BCUT2D eigenvalue weighted by molar-refractivity contribution is 7.12. The van der Waals surface area contributed by atoms with Crippen molar-refractivity contribution < 1.29 is 19.2 Å². The molecule has 2 aliphatic rings. The zero-order valence-electron chi connectivity index (χ0n) is 16.4. The highest BCUT2D eigenvalue weighted by atomic mass is 35.5. The Morgan fingerprint density at radius 2 is 1.80 bits per heavy atom. The van der Waals surface area contributed by atoms with Crippen LogP contribution in [0.15, 0.2) is 41.8 Å². The van der Waals surface area contributed by atoms with Crippen molar-refractivity contribution in [1.82, 2.24) is 10.0 Å². The van der Waals surface area contributed by atoms with Crippen molar-refractivity contribution in [3.8, 4) is 0 Å². The lowest BCUT2D eigenvalue weighted by Crippen LogP contribution is -2.52. The fraction of sp³-hybridized carbons (Fsp3) is 0.364. The second kappa shape index (κ2) is 8.32. The molecule has 3 atom stereocenters. The molecule has 0 unspecified atom stereocenters. The fourth-order valence-electron chi connectivity index (χ4n) is 4.24. The Hall–Kier alpha value is -2.51. The van der Waals surface area contributed by atoms with Crippen LogP contribution in [-0.2, 0) is 9.59 Å². The third-order valence-corrected chi connectivity index (χ3v) is 6.98. The molecule has 1 aromatic heterocycles. The summed E-state index contributed by atoms with van der Waals surface area (Å²) in [6, 6.07) is 9.56. The van der Waals surface area contributed by atoms with Crippen LogP contribution in [0.4, 0.5) is 0 Å². The van der Waals surface area contributed by atoms with E-state index in [-0.39, 0.29) is 17.9 Å². The van der Waals surface area contributed by atoms with E-state index in [9.17, 15) is 19.2 Å². The molecule has 0 spiro atoms. The van der Waals surface area contributed by atoms with E-state index < -0.39 is 29.6 Å². The topological polar surface area (TPSA) is 74.8 Å². The monoisotopic (exact) mass is 444 g/mol. The maximum Gasteiger partial charge on any atom is 0.273 e. The van der Waals surface area contributed by atoms with Crippen LogP contribution in [-0.4, -0.2) is 40.1 Å². The van der Waals surface area contributed by atoms with E-state index in [2.05, 4.69) is 6.92 Å². The van der Waals surface area contributed by atoms with Crippen LogP contribution in [0.2, 0.25) is 5.02 Å². The van der Waals surface area contributed by atoms with Gasteiger partial charge in [0, 0.05) is 10.6 Å². The van der Waals surface area contributed by atoms with E-state index >= 15 is 0 Å². The van der Waals surface area contributed by atoms with Crippen molar-refractivity contribution in [1.29, 1.82) is 0 Å². The van der Waals surface area contributed by atoms with Crippen LogP contribution in [0.25, 0.3) is 0 Å². The lowest BCUT2D eigenvalue weighted by molar-refractivity contribution is -0.154. The first kappa shape index (κ1) is 20.8. The Bertz CT molecular complexity index is 989. The number of hydrogen-bond donors (Lipinski definition) is 0. The van der Waals surface area contributed by atoms with Gasteiger partial charge in [-0.15, -0.1) is 11.3 Å². The van der Waals surface area contributed by atoms with E-state index in [1.54, 1.807) is 29.6 Å². The number of thiophene rings is 1. The number of rotatable bonds is 5. The summed E-state index contributed by atoms with van der Waals surface area (Å²) < 4.78 is 0. The number of imide groups is 1. The number of benzene rings is 1. The molecule has 1 saturated heterocycles. The van der Waals surface area contributed by atoms with E-state index in [1.807, 2.05) is 0 Å². The number of carbonyl (C=O) groups is 4. The Balaban J connectivity index is 1.68. The SMILES string of the molecule is C[C@@H]1CC[C@H]2C(=O)N(N(CC(=O)c3cccs3)C(=O)c3ccc(Cl)cc3)C(=O)[C@H]2C1. The van der Waals surface area contributed by atoms with Crippen molar-refractivity contribution >= 4 is 46.4 Å². The van der Waals surface area contributed by atoms with Crippen molar-refractivity contribution in [2.45, 2.75) is 26.2 Å². The second-order valence-corrected chi connectivity index (χ2v) is 9.27. The van der Waals surface area contributed by atoms with Gasteiger partial charge in [0.1, 0.15) is 6.54 Å². The molecule has 0 bridgehead atoms. The van der Waals surface area contributed by atoms with Gasteiger partial charge >= 0.3 is 0 Å². The molecule has 3 amide bonds. The number of carbonyl (C=O) groups excluding carboxylic acids is 4. The van der Waals surface area contributed by atoms with Crippen LogP contribution >= 0.6 is 22.9 Å². The van der Waals surface area contributed by atoms with E-state index in [0.717, 1.165) is 16.4 Å². The molecular weight excluding hydrogens is 424 g/mol. The van der Waals surface area contributed by atoms with Gasteiger partial charge in [-0.1, -0.05) is 24.6 Å². The Labute approximate surface area is 183 Å². The highest BCUT2D eigenvalue weighted by Crippen LogP contribution is 2.41. The number of amides is 3. The van der Waals surface area contributed by atoms with E-state index in [1.165, 1.54) is 23.5 Å². The van der Waals surface area contributed by atoms with E-state index in [4.69, 9.17) is 11.6 Å². The first-order chi connectivity index (χ1) is 14.4. The summed E-state index contributed by atoms with van der Waals surface area (Å²) in [5, 5.41) is 4.16. The summed E-state index contributed by atoms with van der Waals surface area (Å²) in [5.74, 6) is -2.20. The average molecular weight is 445 g/mol. The van der Waals surface area contributed by atoms with Gasteiger partial charge in [-0.2, -0.15) is 5.01 Å². The molecule has 156 valence electrons. The standard InChI is InChI=1S/C22H21ClN2O4S/c1-13-4-9-16-17(11-13)22(29)25(21(16)28)24(12-18(26)19-3-2-10-30-19)20(27)14-5-7-15(23)8-6-14/h2-3,5-8,10,13,16-17H,4,9,11-12H2,1H3/t13-,16-,17+/m1/s1. The zero-order valence-corrected chi connectivity index (χ0v) is 18.0. The average Bonchev–Trinajstić information content (AvgIpc) is 3.34. The molecule has 1 aromatic carbocycles. The smallest absolute Gasteiger partial charge is 0.273 e. The van der Waals surface area contributed by atoms with Gasteiger partial charge in [0.15, 0.2) is 5.78 Å². The van der Waals surface area contributed by atoms with Gasteiger partial charge in [0.25, 0.3) is 17.7 Å². The summed E-state index contributed by atoms with van der Waals surface area (Å²) in [6.45, 7) is 1.68. The quantitative estimate of drug-likeness (QED) is 0.514. The third kappa shape index (κ3) is 3.79. The summed E-state index contributed by atoms with van der Waals surface area (Å²) in [5.41, 5.74) is 0.252. The van der Waals surface area contributed by atoms with Crippen molar-refractivity contribution in [2.24, 2.45) is 17.8 Å². The number of halogens is 1. The number of ketones is 1. The molecule has 1 saturated carbocycles. The van der Waals surface area contributed by atoms with Gasteiger partial charge in [-0.25, -0.2) is 5.01 Å². The lowest BCUT2D eigenvalue weighted by atomic mass is 9.76. The maximum absolute atomic E-state index is 13.3. The molecule has 2 fully saturated rings. The molecule has 2 aromatic rings. The number of nitrogens with zero attached hydrogens (tertiary/aromatic N) is 2. The number of hydrazine groups is 1. The third-order valence-electron chi connectivity index (χ3n) is 5.82. The van der Waals surface area contributed by atoms with Gasteiger partial charge in [0.2, 0.25) is 0 Å². The minimum Gasteiger partial charge on any atom is -0.291 e. The zero-order chi connectivity index (χ0) is 21.4. The first-order valence-electron chi connectivity index (χ1n) is 9.88. The molecule has 0 radical (unpaired) electrons. The van der Waals surface area contributed by atoms with Crippen molar-refractivity contribution in [2.75, 3.05) is 6.54 Å². The molecule has 1 aliphatic carbocycles. The van der Waals surface area contributed by atoms with Gasteiger partial charge in [-0.05, 0) is 60.9 Å². The Kier molecular flexibility index (Phi) is 5.75. The molecule has 1 aliphatic heterocycles. The second-order valence-electron chi connectivity index (χ2n) is 7.89. The summed E-state index contributed by atoms with van der Waals surface area (Å²) >= 11 is 7.18. The van der Waals surface area contributed by atoms with E-state index in [0.29, 0.717) is 28.7 Å². The number of Topliss-reactive ketones (excluding diaryl/α,β-unsaturated/α-hetero) is 1. The van der Waals surface area contributed by atoms with Crippen molar-refractivity contribution in [3.63, 3.8) is 0 Å². The molecule has 4 rings (SSSR count). The molecule has 0 N–H and O–H groups in total. The van der Waals surface area contributed by atoms with Gasteiger partial charge in [-0.3, -0.25) is 19.2 Å². The summed E-state index contributed by atoms with van der Waals surface area (Å²) in [6.07, 6.45) is 2.11. The van der Waals surface area contributed by atoms with Crippen LogP contribution in [0.3, 0.4) is 0 Å². The van der Waals surface area contributed by atoms with Gasteiger partial charge < -0.3 is 0 Å². The normalized spacial score (nSPS) is 23.4. The minimum atomic E-state index is -0.579. The highest BCUT2D eigenvalue weighted by Gasteiger charge is 2.52.